The van der Waals surface area contributed by atoms with Gasteiger partial charge < -0.3 is 4.98 Å². The van der Waals surface area contributed by atoms with Crippen molar-refractivity contribution in [2.45, 2.75) is 30.7 Å². The molecule has 1 unspecified atom stereocenters. The minimum Gasteiger partial charge on any atom is -0.341 e. The summed E-state index contributed by atoms with van der Waals surface area (Å²) in [5.41, 5.74) is 3.29. The first-order valence-corrected chi connectivity index (χ1v) is 10.8. The van der Waals surface area contributed by atoms with Crippen LogP contribution in [0.15, 0.2) is 59.6 Å². The van der Waals surface area contributed by atoms with Crippen LogP contribution in [0.2, 0.25) is 0 Å². The van der Waals surface area contributed by atoms with Gasteiger partial charge in [0.05, 0.1) is 22.6 Å². The Kier molecular flexibility index (Phi) is 3.96. The van der Waals surface area contributed by atoms with Crippen molar-refractivity contribution in [3.05, 3.63) is 66.1 Å². The number of aromatic nitrogens is 3. The number of nitrogens with one attached hydrogen (secondary N) is 1. The average molecular weight is 392 g/mol. The van der Waals surface area contributed by atoms with Crippen molar-refractivity contribution in [1.82, 2.24) is 19.3 Å². The van der Waals surface area contributed by atoms with Crippen LogP contribution in [0.4, 0.5) is 0 Å². The molecular formula is C21H20N4O2S. The minimum atomic E-state index is -3.70. The van der Waals surface area contributed by atoms with Crippen molar-refractivity contribution >= 4 is 32.0 Å². The standard InChI is InChI=1S/C21H20N4O2S/c1-14-12-15-6-4-10-19(20(15)22-13-14)28(26,27)25-11-5-9-18(25)21-23-16-7-2-3-8-17(16)24-21/h2-4,6-8,10,12-13,18H,5,9,11H2,1H3,(H,23,24). The largest absolute Gasteiger partial charge is 0.341 e. The molecule has 0 amide bonds. The Labute approximate surface area is 163 Å². The molecule has 1 atom stereocenters. The fourth-order valence-corrected chi connectivity index (χ4v) is 5.84. The van der Waals surface area contributed by atoms with Crippen LogP contribution in [0.1, 0.15) is 30.3 Å². The number of rotatable bonds is 3. The Balaban J connectivity index is 1.61. The highest BCUT2D eigenvalue weighted by Crippen LogP contribution is 2.37. The molecule has 6 nitrogen and oxygen atoms in total. The summed E-state index contributed by atoms with van der Waals surface area (Å²) in [4.78, 5) is 12.6. The maximum Gasteiger partial charge on any atom is 0.245 e. The van der Waals surface area contributed by atoms with Crippen LogP contribution in [0, 0.1) is 6.92 Å². The SMILES string of the molecule is Cc1cnc2c(S(=O)(=O)N3CCCC3c3nc4ccccc4[nH]3)cccc2c1. The molecule has 2 aromatic carbocycles. The number of para-hydroxylation sites is 3. The summed E-state index contributed by atoms with van der Waals surface area (Å²) in [5.74, 6) is 0.700. The number of hydrogen-bond acceptors (Lipinski definition) is 4. The minimum absolute atomic E-state index is 0.257. The number of benzene rings is 2. The fourth-order valence-electron chi connectivity index (χ4n) is 4.01. The van der Waals surface area contributed by atoms with Crippen LogP contribution < -0.4 is 0 Å². The monoisotopic (exact) mass is 392 g/mol. The number of nitrogens with zero attached hydrogens (tertiary/aromatic N) is 3. The molecule has 142 valence electrons. The first-order chi connectivity index (χ1) is 13.5. The van der Waals surface area contributed by atoms with Gasteiger partial charge in [0.15, 0.2) is 0 Å². The molecule has 2 aromatic heterocycles. The first-order valence-electron chi connectivity index (χ1n) is 9.36. The van der Waals surface area contributed by atoms with Crippen LogP contribution >= 0.6 is 0 Å². The van der Waals surface area contributed by atoms with Crippen molar-refractivity contribution in [2.75, 3.05) is 6.54 Å². The molecule has 0 radical (unpaired) electrons. The van der Waals surface area contributed by atoms with Gasteiger partial charge in [0.1, 0.15) is 10.7 Å². The lowest BCUT2D eigenvalue weighted by molar-refractivity contribution is 0.386. The van der Waals surface area contributed by atoms with Crippen molar-refractivity contribution in [1.29, 1.82) is 0 Å². The molecule has 0 aliphatic carbocycles. The summed E-state index contributed by atoms with van der Waals surface area (Å²) in [6.45, 7) is 2.43. The lowest BCUT2D eigenvalue weighted by Crippen LogP contribution is -2.31. The molecule has 3 heterocycles. The fraction of sp³-hybridized carbons (Fsp3) is 0.238. The van der Waals surface area contributed by atoms with E-state index in [1.54, 1.807) is 22.6 Å². The Morgan fingerprint density at radius 2 is 2.00 bits per heavy atom. The second-order valence-electron chi connectivity index (χ2n) is 7.25. The van der Waals surface area contributed by atoms with Gasteiger partial charge in [0.25, 0.3) is 0 Å². The van der Waals surface area contributed by atoms with Gasteiger partial charge in [-0.3, -0.25) is 4.98 Å². The molecule has 0 bridgehead atoms. The van der Waals surface area contributed by atoms with Crippen LogP contribution in [0.25, 0.3) is 21.9 Å². The number of aryl methyl sites for hydroxylation is 1. The first kappa shape index (κ1) is 17.3. The number of fused-ring (bicyclic) bond motifs is 2. The molecule has 4 aromatic rings. The van der Waals surface area contributed by atoms with E-state index < -0.39 is 10.0 Å². The molecular weight excluding hydrogens is 372 g/mol. The highest BCUT2D eigenvalue weighted by atomic mass is 32.2. The Hall–Kier alpha value is -2.77. The van der Waals surface area contributed by atoms with Crippen molar-refractivity contribution < 1.29 is 8.42 Å². The Bertz CT molecular complexity index is 1260. The molecule has 5 rings (SSSR count). The van der Waals surface area contributed by atoms with E-state index in [0.717, 1.165) is 34.8 Å². The van der Waals surface area contributed by atoms with E-state index in [2.05, 4.69) is 15.0 Å². The number of pyridine rings is 1. The molecule has 1 fully saturated rings. The van der Waals surface area contributed by atoms with E-state index in [9.17, 15) is 8.42 Å². The number of imidazole rings is 1. The van der Waals surface area contributed by atoms with Gasteiger partial charge in [-0.05, 0) is 49.6 Å². The third-order valence-electron chi connectivity index (χ3n) is 5.32. The number of aromatic amines is 1. The predicted molar refractivity (Wildman–Crippen MR) is 108 cm³/mol. The number of sulfonamides is 1. The van der Waals surface area contributed by atoms with Crippen LogP contribution in [-0.4, -0.2) is 34.2 Å². The van der Waals surface area contributed by atoms with Gasteiger partial charge in [-0.1, -0.05) is 24.3 Å². The second-order valence-corrected chi connectivity index (χ2v) is 9.11. The summed E-state index contributed by atoms with van der Waals surface area (Å²) in [6.07, 6.45) is 3.26. The van der Waals surface area contributed by atoms with Gasteiger partial charge in [-0.2, -0.15) is 4.31 Å². The molecule has 1 saturated heterocycles. The van der Waals surface area contributed by atoms with E-state index in [1.807, 2.05) is 43.3 Å². The van der Waals surface area contributed by atoms with Crippen LogP contribution in [0.5, 0.6) is 0 Å². The lowest BCUT2D eigenvalue weighted by atomic mass is 10.2. The highest BCUT2D eigenvalue weighted by Gasteiger charge is 2.38. The van der Waals surface area contributed by atoms with E-state index in [0.29, 0.717) is 17.9 Å². The third-order valence-corrected chi connectivity index (χ3v) is 7.26. The van der Waals surface area contributed by atoms with Gasteiger partial charge >= 0.3 is 0 Å². The molecule has 1 aliphatic rings. The quantitative estimate of drug-likeness (QED) is 0.573. The van der Waals surface area contributed by atoms with Crippen LogP contribution in [0.3, 0.4) is 0 Å². The van der Waals surface area contributed by atoms with E-state index in [4.69, 9.17) is 0 Å². The average Bonchev–Trinajstić information content (AvgIpc) is 3.34. The zero-order valence-electron chi connectivity index (χ0n) is 15.5. The molecule has 1 aliphatic heterocycles. The third kappa shape index (κ3) is 2.70. The number of H-pyrrole nitrogens is 1. The van der Waals surface area contributed by atoms with Crippen molar-refractivity contribution in [3.63, 3.8) is 0 Å². The molecule has 0 spiro atoms. The van der Waals surface area contributed by atoms with Gasteiger partial charge in [-0.25, -0.2) is 13.4 Å². The van der Waals surface area contributed by atoms with Crippen molar-refractivity contribution in [3.8, 4) is 0 Å². The summed E-state index contributed by atoms with van der Waals surface area (Å²) in [7, 11) is -3.70. The van der Waals surface area contributed by atoms with Gasteiger partial charge in [0.2, 0.25) is 10.0 Å². The predicted octanol–water partition coefficient (Wildman–Crippen LogP) is 3.95. The van der Waals surface area contributed by atoms with E-state index in [-0.39, 0.29) is 10.9 Å². The normalized spacial score (nSPS) is 18.2. The van der Waals surface area contributed by atoms with Crippen LogP contribution in [-0.2, 0) is 10.0 Å². The van der Waals surface area contributed by atoms with Gasteiger partial charge in [0, 0.05) is 18.1 Å². The second kappa shape index (κ2) is 6.39. The summed E-state index contributed by atoms with van der Waals surface area (Å²) >= 11 is 0. The lowest BCUT2D eigenvalue weighted by Gasteiger charge is -2.23. The molecule has 0 saturated carbocycles. The highest BCUT2D eigenvalue weighted by molar-refractivity contribution is 7.89. The molecule has 1 N–H and O–H groups in total. The summed E-state index contributed by atoms with van der Waals surface area (Å²) < 4.78 is 28.7. The van der Waals surface area contributed by atoms with Gasteiger partial charge in [-0.15, -0.1) is 0 Å². The summed E-state index contributed by atoms with van der Waals surface area (Å²) in [5, 5.41) is 0.834. The van der Waals surface area contributed by atoms with Crippen molar-refractivity contribution in [2.24, 2.45) is 0 Å². The zero-order valence-corrected chi connectivity index (χ0v) is 16.3. The smallest absolute Gasteiger partial charge is 0.245 e. The molecule has 28 heavy (non-hydrogen) atoms. The summed E-state index contributed by atoms with van der Waals surface area (Å²) in [6, 6.07) is 14.7. The number of hydrogen-bond donors (Lipinski definition) is 1. The zero-order chi connectivity index (χ0) is 19.3. The molecule has 7 heteroatoms. The van der Waals surface area contributed by atoms with E-state index >= 15 is 0 Å². The Morgan fingerprint density at radius 3 is 2.86 bits per heavy atom. The Morgan fingerprint density at radius 1 is 1.14 bits per heavy atom. The topological polar surface area (TPSA) is 79.0 Å². The maximum atomic E-state index is 13.6. The van der Waals surface area contributed by atoms with E-state index in [1.165, 1.54) is 0 Å². The maximum absolute atomic E-state index is 13.6.